The molecule has 2 aromatic carbocycles. The molecule has 0 aromatic heterocycles. The van der Waals surface area contributed by atoms with E-state index in [1.165, 1.54) is 11.1 Å². The van der Waals surface area contributed by atoms with Crippen LogP contribution in [0.3, 0.4) is 0 Å². The lowest BCUT2D eigenvalue weighted by atomic mass is 9.78. The summed E-state index contributed by atoms with van der Waals surface area (Å²) in [6.07, 6.45) is 6.79. The van der Waals surface area contributed by atoms with Crippen LogP contribution < -0.4 is 9.47 Å². The van der Waals surface area contributed by atoms with Crippen LogP contribution in [0.25, 0.3) is 0 Å². The Morgan fingerprint density at radius 1 is 0.667 bits per heavy atom. The van der Waals surface area contributed by atoms with E-state index in [9.17, 15) is 10.2 Å². The van der Waals surface area contributed by atoms with Gasteiger partial charge < -0.3 is 19.7 Å². The molecule has 2 fully saturated rings. The second-order valence-corrected chi connectivity index (χ2v) is 11.7. The van der Waals surface area contributed by atoms with E-state index < -0.39 is 0 Å². The lowest BCUT2D eigenvalue weighted by Gasteiger charge is -2.30. The number of halogens is 2. The van der Waals surface area contributed by atoms with E-state index in [1.807, 2.05) is 0 Å². The summed E-state index contributed by atoms with van der Waals surface area (Å²) >= 11 is 7.43. The maximum Gasteiger partial charge on any atom is 0.133 e. The third-order valence-electron chi connectivity index (χ3n) is 7.18. The smallest absolute Gasteiger partial charge is 0.133 e. The fourth-order valence-electron chi connectivity index (χ4n) is 4.82. The highest BCUT2D eigenvalue weighted by Crippen LogP contribution is 2.40. The van der Waals surface area contributed by atoms with Crippen LogP contribution in [-0.4, -0.2) is 34.6 Å². The van der Waals surface area contributed by atoms with Gasteiger partial charge in [-0.1, -0.05) is 26.0 Å². The number of hydrogen-bond acceptors (Lipinski definition) is 4. The predicted octanol–water partition coefficient (Wildman–Crippen LogP) is 6.90. The maximum absolute atomic E-state index is 9.72. The molecule has 0 amide bonds. The van der Waals surface area contributed by atoms with Gasteiger partial charge in [-0.25, -0.2) is 0 Å². The van der Waals surface area contributed by atoms with E-state index in [1.54, 1.807) is 0 Å². The van der Waals surface area contributed by atoms with Crippen molar-refractivity contribution in [3.63, 3.8) is 0 Å². The zero-order chi connectivity index (χ0) is 23.6. The van der Waals surface area contributed by atoms with Crippen LogP contribution in [0.15, 0.2) is 45.3 Å². The first-order chi connectivity index (χ1) is 15.7. The normalized spacial score (nSPS) is 26.1. The number of aliphatic hydroxyl groups is 2. The van der Waals surface area contributed by atoms with Crippen molar-refractivity contribution in [3.8, 4) is 11.5 Å². The third kappa shape index (κ3) is 6.14. The van der Waals surface area contributed by atoms with Crippen molar-refractivity contribution in [2.75, 3.05) is 0 Å². The van der Waals surface area contributed by atoms with Crippen molar-refractivity contribution in [3.05, 3.63) is 56.5 Å². The Kier molecular flexibility index (Phi) is 8.10. The van der Waals surface area contributed by atoms with E-state index in [-0.39, 0.29) is 29.8 Å². The molecule has 0 spiro atoms. The first kappa shape index (κ1) is 25.0. The van der Waals surface area contributed by atoms with Gasteiger partial charge in [-0.15, -0.1) is 0 Å². The summed E-state index contributed by atoms with van der Waals surface area (Å²) in [4.78, 5) is 0. The van der Waals surface area contributed by atoms with E-state index in [2.05, 4.69) is 82.1 Å². The molecular weight excluding hydrogens is 548 g/mol. The summed E-state index contributed by atoms with van der Waals surface area (Å²) in [7, 11) is 0. The quantitative estimate of drug-likeness (QED) is 0.389. The van der Waals surface area contributed by atoms with Crippen LogP contribution in [0.1, 0.15) is 76.3 Å². The van der Waals surface area contributed by atoms with Gasteiger partial charge in [0.15, 0.2) is 0 Å². The second-order valence-electron chi connectivity index (χ2n) is 10.0. The standard InChI is InChI=1S/C27H34Br2O4/c1-27(2,17-3-13-25(23(28)15-17)32-21-9-5-19(30)6-10-21)18-4-14-26(24(29)16-18)33-22-11-7-20(31)8-12-22/h3-4,13-16,19-22,30-31H,5-12H2,1-2H3. The molecule has 4 rings (SSSR count). The monoisotopic (exact) mass is 580 g/mol. The van der Waals surface area contributed by atoms with Crippen LogP contribution >= 0.6 is 31.9 Å². The third-order valence-corrected chi connectivity index (χ3v) is 8.42. The summed E-state index contributed by atoms with van der Waals surface area (Å²) in [5.74, 6) is 1.72. The molecule has 0 bridgehead atoms. The van der Waals surface area contributed by atoms with E-state index in [4.69, 9.17) is 9.47 Å². The van der Waals surface area contributed by atoms with Crippen LogP contribution in [0, 0.1) is 0 Å². The van der Waals surface area contributed by atoms with Gasteiger partial charge in [-0.3, -0.25) is 0 Å². The molecular formula is C27H34Br2O4. The summed E-state index contributed by atoms with van der Waals surface area (Å²) < 4.78 is 14.4. The van der Waals surface area contributed by atoms with Crippen LogP contribution in [0.5, 0.6) is 11.5 Å². The molecule has 2 aliphatic rings. The lowest BCUT2D eigenvalue weighted by Crippen LogP contribution is -2.27. The number of aliphatic hydroxyl groups excluding tert-OH is 2. The minimum Gasteiger partial charge on any atom is -0.489 e. The zero-order valence-corrected chi connectivity index (χ0v) is 22.6. The molecule has 180 valence electrons. The molecule has 0 heterocycles. The summed E-state index contributed by atoms with van der Waals surface area (Å²) in [6.45, 7) is 4.45. The minimum atomic E-state index is -0.202. The SMILES string of the molecule is CC(C)(c1ccc(OC2CCC(O)CC2)c(Br)c1)c1ccc(OC2CCC(O)CC2)c(Br)c1. The molecule has 33 heavy (non-hydrogen) atoms. The van der Waals surface area contributed by atoms with Crippen molar-refractivity contribution in [1.82, 2.24) is 0 Å². The summed E-state index contributed by atoms with van der Waals surface area (Å²) in [5, 5.41) is 19.4. The molecule has 2 aromatic rings. The van der Waals surface area contributed by atoms with Crippen molar-refractivity contribution in [1.29, 1.82) is 0 Å². The number of benzene rings is 2. The van der Waals surface area contributed by atoms with Crippen molar-refractivity contribution in [2.24, 2.45) is 0 Å². The van der Waals surface area contributed by atoms with Gasteiger partial charge in [0.05, 0.1) is 33.4 Å². The molecule has 0 radical (unpaired) electrons. The van der Waals surface area contributed by atoms with Crippen LogP contribution in [-0.2, 0) is 5.41 Å². The molecule has 4 nitrogen and oxygen atoms in total. The van der Waals surface area contributed by atoms with Crippen molar-refractivity contribution < 1.29 is 19.7 Å². The average Bonchev–Trinajstić information content (AvgIpc) is 2.79. The molecule has 0 aliphatic heterocycles. The van der Waals surface area contributed by atoms with Crippen LogP contribution in [0.2, 0.25) is 0 Å². The molecule has 0 unspecified atom stereocenters. The average molecular weight is 582 g/mol. The van der Waals surface area contributed by atoms with Gasteiger partial charge in [-0.2, -0.15) is 0 Å². The van der Waals surface area contributed by atoms with E-state index in [0.717, 1.165) is 71.8 Å². The molecule has 6 heteroatoms. The number of ether oxygens (including phenoxy) is 2. The maximum atomic E-state index is 9.72. The Morgan fingerprint density at radius 3 is 1.36 bits per heavy atom. The van der Waals surface area contributed by atoms with Crippen LogP contribution in [0.4, 0.5) is 0 Å². The zero-order valence-electron chi connectivity index (χ0n) is 19.4. The second kappa shape index (κ2) is 10.7. The topological polar surface area (TPSA) is 58.9 Å². The highest BCUT2D eigenvalue weighted by atomic mass is 79.9. The fraction of sp³-hybridized carbons (Fsp3) is 0.556. The Hall–Kier alpha value is -1.08. The van der Waals surface area contributed by atoms with Gasteiger partial charge in [0.1, 0.15) is 11.5 Å². The van der Waals surface area contributed by atoms with E-state index in [0.29, 0.717) is 0 Å². The summed E-state index contributed by atoms with van der Waals surface area (Å²) in [5.41, 5.74) is 2.19. The first-order valence-electron chi connectivity index (χ1n) is 12.0. The Balaban J connectivity index is 1.45. The Labute approximate surface area is 214 Å². The van der Waals surface area contributed by atoms with Gasteiger partial charge in [0.25, 0.3) is 0 Å². The minimum absolute atomic E-state index is 0.166. The Bertz CT molecular complexity index is 870. The molecule has 2 aliphatic carbocycles. The highest BCUT2D eigenvalue weighted by Gasteiger charge is 2.27. The summed E-state index contributed by atoms with van der Waals surface area (Å²) in [6, 6.07) is 12.7. The van der Waals surface area contributed by atoms with Gasteiger partial charge in [0.2, 0.25) is 0 Å². The number of hydrogen-bond donors (Lipinski definition) is 2. The van der Waals surface area contributed by atoms with Crippen molar-refractivity contribution >= 4 is 31.9 Å². The largest absolute Gasteiger partial charge is 0.489 e. The van der Waals surface area contributed by atoms with E-state index >= 15 is 0 Å². The van der Waals surface area contributed by atoms with Gasteiger partial charge >= 0.3 is 0 Å². The van der Waals surface area contributed by atoms with Crippen molar-refractivity contribution in [2.45, 2.75) is 95.0 Å². The fourth-order valence-corrected chi connectivity index (χ4v) is 5.77. The number of rotatable bonds is 6. The van der Waals surface area contributed by atoms with Gasteiger partial charge in [-0.05, 0) is 119 Å². The molecule has 0 saturated heterocycles. The molecule has 2 saturated carbocycles. The predicted molar refractivity (Wildman–Crippen MR) is 138 cm³/mol. The Morgan fingerprint density at radius 2 is 1.03 bits per heavy atom. The first-order valence-corrected chi connectivity index (χ1v) is 13.6. The molecule has 2 N–H and O–H groups in total. The molecule has 0 atom stereocenters. The lowest BCUT2D eigenvalue weighted by molar-refractivity contribution is 0.0662. The van der Waals surface area contributed by atoms with Gasteiger partial charge in [0, 0.05) is 5.41 Å². The highest BCUT2D eigenvalue weighted by molar-refractivity contribution is 9.10.